The molecule has 1 aliphatic rings. The number of ether oxygens (including phenoxy) is 1. The third-order valence-corrected chi connectivity index (χ3v) is 4.41. The van der Waals surface area contributed by atoms with Crippen molar-refractivity contribution in [1.82, 2.24) is 4.90 Å². The summed E-state index contributed by atoms with van der Waals surface area (Å²) in [4.78, 5) is 12.6. The van der Waals surface area contributed by atoms with Gasteiger partial charge in [-0.2, -0.15) is 13.2 Å². The van der Waals surface area contributed by atoms with Gasteiger partial charge in [-0.05, 0) is 31.4 Å². The molecular formula is C17H22F3NO3. The number of carboxylic acids is 1. The third kappa shape index (κ3) is 4.41. The molecule has 134 valence electrons. The van der Waals surface area contributed by atoms with Crippen LogP contribution in [0.3, 0.4) is 0 Å². The summed E-state index contributed by atoms with van der Waals surface area (Å²) in [5.41, 5.74) is 2.03. The van der Waals surface area contributed by atoms with E-state index in [1.807, 2.05) is 32.0 Å². The average Bonchev–Trinajstić information content (AvgIpc) is 2.90. The SMILES string of the molecule is Cc1cccc(C)c1OCCCN1C[C@@H](C(F)(F)F)[C@H](C(=O)O)C1. The van der Waals surface area contributed by atoms with Crippen molar-refractivity contribution >= 4 is 5.97 Å². The normalized spacial score (nSPS) is 21.9. The lowest BCUT2D eigenvalue weighted by Gasteiger charge is -2.18. The molecule has 0 aliphatic carbocycles. The lowest BCUT2D eigenvalue weighted by atomic mass is 9.96. The van der Waals surface area contributed by atoms with Crippen molar-refractivity contribution in [2.24, 2.45) is 11.8 Å². The Kier molecular flexibility index (Phi) is 5.74. The molecule has 0 radical (unpaired) electrons. The maximum absolute atomic E-state index is 12.9. The van der Waals surface area contributed by atoms with Crippen molar-refractivity contribution in [2.45, 2.75) is 26.4 Å². The Bertz CT molecular complexity index is 569. The molecule has 1 aliphatic heterocycles. The summed E-state index contributed by atoms with van der Waals surface area (Å²) in [7, 11) is 0. The Hall–Kier alpha value is -1.76. The number of carboxylic acid groups (broad SMARTS) is 1. The summed E-state index contributed by atoms with van der Waals surface area (Å²) in [5, 5.41) is 8.99. The minimum Gasteiger partial charge on any atom is -0.493 e. The summed E-state index contributed by atoms with van der Waals surface area (Å²) < 4.78 is 44.5. The molecule has 24 heavy (non-hydrogen) atoms. The smallest absolute Gasteiger partial charge is 0.393 e. The van der Waals surface area contributed by atoms with Crippen LogP contribution < -0.4 is 4.74 Å². The molecule has 0 aromatic heterocycles. The van der Waals surface area contributed by atoms with E-state index >= 15 is 0 Å². The highest BCUT2D eigenvalue weighted by molar-refractivity contribution is 5.71. The number of benzene rings is 1. The molecule has 0 bridgehead atoms. The molecule has 7 heteroatoms. The fourth-order valence-electron chi connectivity index (χ4n) is 3.14. The number of likely N-dealkylation sites (tertiary alicyclic amines) is 1. The molecular weight excluding hydrogens is 323 g/mol. The molecule has 0 spiro atoms. The molecule has 1 fully saturated rings. The third-order valence-electron chi connectivity index (χ3n) is 4.41. The number of para-hydroxylation sites is 1. The van der Waals surface area contributed by atoms with Crippen molar-refractivity contribution in [1.29, 1.82) is 0 Å². The van der Waals surface area contributed by atoms with Crippen LogP contribution in [0.1, 0.15) is 17.5 Å². The van der Waals surface area contributed by atoms with Crippen molar-refractivity contribution in [3.05, 3.63) is 29.3 Å². The summed E-state index contributed by atoms with van der Waals surface area (Å²) in [6, 6.07) is 5.81. The Morgan fingerprint density at radius 2 is 1.92 bits per heavy atom. The van der Waals surface area contributed by atoms with Gasteiger partial charge >= 0.3 is 12.1 Å². The summed E-state index contributed by atoms with van der Waals surface area (Å²) in [5.74, 6) is -3.76. The Balaban J connectivity index is 1.84. The van der Waals surface area contributed by atoms with Crippen molar-refractivity contribution in [3.63, 3.8) is 0 Å². The molecule has 1 heterocycles. The van der Waals surface area contributed by atoms with Gasteiger partial charge in [-0.25, -0.2) is 0 Å². The van der Waals surface area contributed by atoms with Crippen LogP contribution in [0, 0.1) is 25.7 Å². The summed E-state index contributed by atoms with van der Waals surface area (Å²) >= 11 is 0. The van der Waals surface area contributed by atoms with E-state index in [1.165, 1.54) is 0 Å². The van der Waals surface area contributed by atoms with E-state index in [-0.39, 0.29) is 13.1 Å². The van der Waals surface area contributed by atoms with Crippen molar-refractivity contribution < 1.29 is 27.8 Å². The topological polar surface area (TPSA) is 49.8 Å². The molecule has 1 aromatic carbocycles. The number of alkyl halides is 3. The number of aliphatic carboxylic acids is 1. The number of hydrogen-bond acceptors (Lipinski definition) is 3. The van der Waals surface area contributed by atoms with E-state index < -0.39 is 24.0 Å². The Labute approximate surface area is 139 Å². The van der Waals surface area contributed by atoms with Gasteiger partial charge in [0.15, 0.2) is 0 Å². The lowest BCUT2D eigenvalue weighted by molar-refractivity contribution is -0.188. The molecule has 1 aromatic rings. The van der Waals surface area contributed by atoms with E-state index in [1.54, 1.807) is 4.90 Å². The highest BCUT2D eigenvalue weighted by Gasteiger charge is 2.52. The van der Waals surface area contributed by atoms with Gasteiger partial charge in [0, 0.05) is 19.6 Å². The molecule has 4 nitrogen and oxygen atoms in total. The zero-order valence-corrected chi connectivity index (χ0v) is 13.8. The van der Waals surface area contributed by atoms with Gasteiger partial charge < -0.3 is 14.7 Å². The quantitative estimate of drug-likeness (QED) is 0.804. The van der Waals surface area contributed by atoms with Crippen LogP contribution in [0.15, 0.2) is 18.2 Å². The highest BCUT2D eigenvalue weighted by Crippen LogP contribution is 2.37. The second-order valence-corrected chi connectivity index (χ2v) is 6.28. The van der Waals surface area contributed by atoms with E-state index in [0.29, 0.717) is 19.6 Å². The monoisotopic (exact) mass is 345 g/mol. The van der Waals surface area contributed by atoms with Crippen molar-refractivity contribution in [2.75, 3.05) is 26.2 Å². The van der Waals surface area contributed by atoms with Crippen LogP contribution in [0.5, 0.6) is 5.75 Å². The molecule has 1 saturated heterocycles. The lowest BCUT2D eigenvalue weighted by Crippen LogP contribution is -2.33. The van der Waals surface area contributed by atoms with Gasteiger partial charge in [-0.1, -0.05) is 18.2 Å². The maximum Gasteiger partial charge on any atom is 0.393 e. The largest absolute Gasteiger partial charge is 0.493 e. The summed E-state index contributed by atoms with van der Waals surface area (Å²) in [6.07, 6.45) is -3.93. The fourth-order valence-corrected chi connectivity index (χ4v) is 3.14. The van der Waals surface area contributed by atoms with Gasteiger partial charge in [0.05, 0.1) is 18.4 Å². The molecule has 0 amide bonds. The first-order chi connectivity index (χ1) is 11.2. The van der Waals surface area contributed by atoms with Crippen LogP contribution >= 0.6 is 0 Å². The van der Waals surface area contributed by atoms with Crippen molar-refractivity contribution in [3.8, 4) is 5.75 Å². The zero-order valence-electron chi connectivity index (χ0n) is 13.8. The number of hydrogen-bond donors (Lipinski definition) is 1. The first kappa shape index (κ1) is 18.6. The van der Waals surface area contributed by atoms with Gasteiger partial charge in [0.25, 0.3) is 0 Å². The molecule has 0 unspecified atom stereocenters. The van der Waals surface area contributed by atoms with E-state index in [0.717, 1.165) is 16.9 Å². The van der Waals surface area contributed by atoms with Gasteiger partial charge in [-0.3, -0.25) is 4.79 Å². The van der Waals surface area contributed by atoms with Gasteiger partial charge in [0.1, 0.15) is 5.75 Å². The predicted octanol–water partition coefficient (Wildman–Crippen LogP) is 3.27. The Morgan fingerprint density at radius 3 is 2.42 bits per heavy atom. The van der Waals surface area contributed by atoms with E-state index in [2.05, 4.69) is 0 Å². The van der Waals surface area contributed by atoms with Gasteiger partial charge in [-0.15, -0.1) is 0 Å². The number of rotatable bonds is 6. The van der Waals surface area contributed by atoms with Crippen LogP contribution in [-0.4, -0.2) is 48.4 Å². The molecule has 2 atom stereocenters. The average molecular weight is 345 g/mol. The number of halogens is 3. The Morgan fingerprint density at radius 1 is 1.29 bits per heavy atom. The fraction of sp³-hybridized carbons (Fsp3) is 0.588. The minimum absolute atomic E-state index is 0.0666. The van der Waals surface area contributed by atoms with Crippen LogP contribution in [-0.2, 0) is 4.79 Å². The van der Waals surface area contributed by atoms with Crippen LogP contribution in [0.25, 0.3) is 0 Å². The summed E-state index contributed by atoms with van der Waals surface area (Å²) in [6.45, 7) is 4.33. The molecule has 1 N–H and O–H groups in total. The zero-order chi connectivity index (χ0) is 17.9. The predicted molar refractivity (Wildman–Crippen MR) is 83.1 cm³/mol. The number of nitrogens with zero attached hydrogens (tertiary/aromatic N) is 1. The van der Waals surface area contributed by atoms with Crippen LogP contribution in [0.2, 0.25) is 0 Å². The van der Waals surface area contributed by atoms with E-state index in [9.17, 15) is 18.0 Å². The van der Waals surface area contributed by atoms with Crippen LogP contribution in [0.4, 0.5) is 13.2 Å². The first-order valence-electron chi connectivity index (χ1n) is 7.91. The number of aryl methyl sites for hydroxylation is 2. The van der Waals surface area contributed by atoms with E-state index in [4.69, 9.17) is 9.84 Å². The minimum atomic E-state index is -4.48. The standard InChI is InChI=1S/C17H22F3NO3/c1-11-5-3-6-12(2)15(11)24-8-4-7-21-9-13(16(22)23)14(10-21)17(18,19)20/h3,5-6,13-14H,4,7-10H2,1-2H3,(H,22,23)/t13-,14-/m1/s1. The van der Waals surface area contributed by atoms with Gasteiger partial charge in [0.2, 0.25) is 0 Å². The highest BCUT2D eigenvalue weighted by atomic mass is 19.4. The number of carbonyl (C=O) groups is 1. The molecule has 2 rings (SSSR count). The first-order valence-corrected chi connectivity index (χ1v) is 7.91. The second-order valence-electron chi connectivity index (χ2n) is 6.28. The second kappa shape index (κ2) is 7.42. The maximum atomic E-state index is 12.9. The molecule has 0 saturated carbocycles.